The number of ether oxygens (including phenoxy) is 1. The van der Waals surface area contributed by atoms with Gasteiger partial charge in [-0.25, -0.2) is 9.67 Å². The van der Waals surface area contributed by atoms with E-state index in [1.807, 2.05) is 18.2 Å². The largest absolute Gasteiger partial charge is 0.481 e. The lowest BCUT2D eigenvalue weighted by Gasteiger charge is -2.29. The number of aromatic nitrogens is 4. The fourth-order valence-corrected chi connectivity index (χ4v) is 3.95. The molecular weight excluding hydrogens is 400 g/mol. The highest BCUT2D eigenvalue weighted by atomic mass is 16.5. The van der Waals surface area contributed by atoms with Gasteiger partial charge in [0.05, 0.1) is 24.6 Å². The Balaban J connectivity index is 1.42. The number of nitrogens with one attached hydrogen (secondary N) is 1. The van der Waals surface area contributed by atoms with Crippen molar-refractivity contribution in [2.75, 3.05) is 7.11 Å². The topological polar surface area (TPSA) is 119 Å². The third kappa shape index (κ3) is 3.21. The maximum Gasteiger partial charge on any atom is 0.255 e. The van der Waals surface area contributed by atoms with Crippen LogP contribution < -0.4 is 10.1 Å². The number of benzene rings is 1. The normalized spacial score (nSPS) is 18.2. The Morgan fingerprint density at radius 3 is 2.84 bits per heavy atom. The highest BCUT2D eigenvalue weighted by Crippen LogP contribution is 2.30. The van der Waals surface area contributed by atoms with Crippen molar-refractivity contribution in [3.05, 3.63) is 53.9 Å². The Labute approximate surface area is 176 Å². The van der Waals surface area contributed by atoms with Crippen LogP contribution in [0.2, 0.25) is 0 Å². The highest BCUT2D eigenvalue weighted by Gasteiger charge is 2.39. The third-order valence-corrected chi connectivity index (χ3v) is 5.51. The zero-order chi connectivity index (χ0) is 21.5. The van der Waals surface area contributed by atoms with Crippen molar-refractivity contribution in [1.29, 1.82) is 0 Å². The van der Waals surface area contributed by atoms with E-state index in [1.165, 1.54) is 12.0 Å². The van der Waals surface area contributed by atoms with E-state index in [2.05, 4.69) is 20.6 Å². The molecule has 31 heavy (non-hydrogen) atoms. The zero-order valence-corrected chi connectivity index (χ0v) is 16.6. The second-order valence-electron chi connectivity index (χ2n) is 7.35. The lowest BCUT2D eigenvalue weighted by molar-refractivity contribution is -0.136. The fourth-order valence-electron chi connectivity index (χ4n) is 3.95. The maximum absolute atomic E-state index is 13.0. The summed E-state index contributed by atoms with van der Waals surface area (Å²) in [5, 5.41) is 10.7. The summed E-state index contributed by atoms with van der Waals surface area (Å²) in [5.74, 6) is -0.525. The Bertz CT molecular complexity index is 1220. The van der Waals surface area contributed by atoms with Gasteiger partial charge in [0.15, 0.2) is 0 Å². The number of carbonyl (C=O) groups excluding carboxylic acids is 3. The van der Waals surface area contributed by atoms with Crippen LogP contribution in [0.1, 0.15) is 28.8 Å². The molecule has 0 radical (unpaired) electrons. The van der Waals surface area contributed by atoms with Gasteiger partial charge < -0.3 is 9.64 Å². The zero-order valence-electron chi connectivity index (χ0n) is 16.6. The van der Waals surface area contributed by atoms with Gasteiger partial charge in [-0.05, 0) is 36.2 Å². The molecule has 0 saturated carbocycles. The van der Waals surface area contributed by atoms with Crippen LogP contribution in [0.15, 0.2) is 42.7 Å². The minimum absolute atomic E-state index is 0.224. The van der Waals surface area contributed by atoms with Gasteiger partial charge in [-0.3, -0.25) is 19.7 Å². The Hall–Kier alpha value is -4.08. The predicted molar refractivity (Wildman–Crippen MR) is 107 cm³/mol. The first-order chi connectivity index (χ1) is 15.0. The molecule has 1 N–H and O–H groups in total. The number of piperidine rings is 1. The molecule has 1 unspecified atom stereocenters. The Morgan fingerprint density at radius 2 is 2.03 bits per heavy atom. The van der Waals surface area contributed by atoms with E-state index in [-0.39, 0.29) is 18.2 Å². The second kappa shape index (κ2) is 7.31. The lowest BCUT2D eigenvalue weighted by atomic mass is 10.0. The van der Waals surface area contributed by atoms with Crippen LogP contribution in [0.25, 0.3) is 16.9 Å². The van der Waals surface area contributed by atoms with E-state index in [0.29, 0.717) is 41.4 Å². The number of carbonyl (C=O) groups is 3. The first-order valence-electron chi connectivity index (χ1n) is 9.75. The third-order valence-electron chi connectivity index (χ3n) is 5.51. The van der Waals surface area contributed by atoms with E-state index >= 15 is 0 Å². The van der Waals surface area contributed by atoms with Crippen molar-refractivity contribution >= 4 is 17.7 Å². The molecule has 2 aliphatic heterocycles. The van der Waals surface area contributed by atoms with E-state index in [9.17, 15) is 14.4 Å². The summed E-state index contributed by atoms with van der Waals surface area (Å²) in [5.41, 5.74) is 3.30. The number of hydrogen-bond donors (Lipinski definition) is 1. The van der Waals surface area contributed by atoms with Crippen LogP contribution in [-0.2, 0) is 16.1 Å². The first-order valence-corrected chi connectivity index (χ1v) is 9.75. The molecular formula is C21H18N6O4. The molecule has 10 nitrogen and oxygen atoms in total. The molecule has 0 spiro atoms. The number of hydrogen-bond acceptors (Lipinski definition) is 7. The molecule has 4 heterocycles. The quantitative estimate of drug-likeness (QED) is 0.630. The number of fused-ring (bicyclic) bond motifs is 1. The van der Waals surface area contributed by atoms with Crippen molar-refractivity contribution in [3.8, 4) is 22.8 Å². The molecule has 156 valence electrons. The summed E-state index contributed by atoms with van der Waals surface area (Å²) in [6.45, 7) is 0.330. The van der Waals surface area contributed by atoms with Crippen molar-refractivity contribution < 1.29 is 19.1 Å². The number of imide groups is 1. The molecule has 1 aromatic carbocycles. The Morgan fingerprint density at radius 1 is 1.16 bits per heavy atom. The summed E-state index contributed by atoms with van der Waals surface area (Å²) >= 11 is 0. The number of pyridine rings is 1. The number of rotatable bonds is 4. The monoisotopic (exact) mass is 418 g/mol. The first kappa shape index (κ1) is 18.9. The molecule has 0 bridgehead atoms. The summed E-state index contributed by atoms with van der Waals surface area (Å²) in [7, 11) is 1.54. The van der Waals surface area contributed by atoms with Gasteiger partial charge in [0.25, 0.3) is 5.91 Å². The van der Waals surface area contributed by atoms with Crippen LogP contribution in [-0.4, -0.2) is 55.8 Å². The van der Waals surface area contributed by atoms with Crippen molar-refractivity contribution in [3.63, 3.8) is 0 Å². The highest BCUT2D eigenvalue weighted by molar-refractivity contribution is 6.05. The second-order valence-corrected chi connectivity index (χ2v) is 7.35. The van der Waals surface area contributed by atoms with Gasteiger partial charge in [-0.2, -0.15) is 0 Å². The fraction of sp³-hybridized carbons (Fsp3) is 0.238. The molecule has 1 atom stereocenters. The van der Waals surface area contributed by atoms with Crippen LogP contribution in [0.5, 0.6) is 5.88 Å². The van der Waals surface area contributed by atoms with Gasteiger partial charge in [0.1, 0.15) is 11.7 Å². The molecule has 3 amide bonds. The van der Waals surface area contributed by atoms with Crippen LogP contribution in [0.3, 0.4) is 0 Å². The molecule has 1 fully saturated rings. The minimum Gasteiger partial charge on any atom is -0.481 e. The van der Waals surface area contributed by atoms with Gasteiger partial charge >= 0.3 is 0 Å². The average molecular weight is 418 g/mol. The van der Waals surface area contributed by atoms with E-state index in [0.717, 1.165) is 5.56 Å². The number of amides is 3. The molecule has 3 aromatic rings. The standard InChI is InChI=1S/C21H18N6O4/c1-31-20-14(3-2-8-22-20)16-11-27(25-24-16)13-5-4-12-10-26(21(30)15(12)9-13)17-6-7-18(28)23-19(17)29/h2-5,8-9,11,17H,6-7,10H2,1H3,(H,23,28,29). The number of methoxy groups -OCH3 is 1. The molecule has 2 aliphatic rings. The van der Waals surface area contributed by atoms with E-state index in [4.69, 9.17) is 4.74 Å². The Kier molecular flexibility index (Phi) is 4.46. The van der Waals surface area contributed by atoms with Gasteiger partial charge in [0.2, 0.25) is 17.7 Å². The van der Waals surface area contributed by atoms with Crippen molar-refractivity contribution in [1.82, 2.24) is 30.2 Å². The van der Waals surface area contributed by atoms with Gasteiger partial charge in [0, 0.05) is 24.7 Å². The SMILES string of the molecule is COc1ncccc1-c1cn(-c2ccc3c(c2)C(=O)N(C2CCC(=O)NC2=O)C3)nn1. The predicted octanol–water partition coefficient (Wildman–Crippen LogP) is 1.10. The summed E-state index contributed by atoms with van der Waals surface area (Å²) in [6.07, 6.45) is 3.92. The number of nitrogens with zero attached hydrogens (tertiary/aromatic N) is 5. The van der Waals surface area contributed by atoms with Crippen LogP contribution in [0, 0.1) is 0 Å². The van der Waals surface area contributed by atoms with Gasteiger partial charge in [-0.15, -0.1) is 5.10 Å². The molecule has 0 aliphatic carbocycles. The van der Waals surface area contributed by atoms with E-state index < -0.39 is 11.9 Å². The summed E-state index contributed by atoms with van der Waals surface area (Å²) in [6, 6.07) is 8.41. The van der Waals surface area contributed by atoms with E-state index in [1.54, 1.807) is 29.2 Å². The lowest BCUT2D eigenvalue weighted by Crippen LogP contribution is -2.52. The maximum atomic E-state index is 13.0. The molecule has 5 rings (SSSR count). The smallest absolute Gasteiger partial charge is 0.255 e. The molecule has 10 heteroatoms. The van der Waals surface area contributed by atoms with Crippen molar-refractivity contribution in [2.24, 2.45) is 0 Å². The van der Waals surface area contributed by atoms with Gasteiger partial charge in [-0.1, -0.05) is 11.3 Å². The minimum atomic E-state index is -0.642. The average Bonchev–Trinajstić information content (AvgIpc) is 3.39. The molecule has 1 saturated heterocycles. The summed E-state index contributed by atoms with van der Waals surface area (Å²) < 4.78 is 6.86. The van der Waals surface area contributed by atoms with Crippen LogP contribution >= 0.6 is 0 Å². The molecule has 2 aromatic heterocycles. The van der Waals surface area contributed by atoms with Crippen molar-refractivity contribution in [2.45, 2.75) is 25.4 Å². The summed E-state index contributed by atoms with van der Waals surface area (Å²) in [4.78, 5) is 42.3. The van der Waals surface area contributed by atoms with Crippen LogP contribution in [0.4, 0.5) is 0 Å².